The van der Waals surface area contributed by atoms with E-state index in [-0.39, 0.29) is 5.91 Å². The molecule has 1 saturated heterocycles. The minimum absolute atomic E-state index is 0.0445. The van der Waals surface area contributed by atoms with Crippen LogP contribution in [0.3, 0.4) is 0 Å². The summed E-state index contributed by atoms with van der Waals surface area (Å²) in [5.41, 5.74) is 1.90. The Labute approximate surface area is 175 Å². The minimum atomic E-state index is 0.0445. The van der Waals surface area contributed by atoms with Crippen LogP contribution < -0.4 is 16.0 Å². The molecule has 7 heteroatoms. The number of carbonyl (C=O) groups excluding carboxylic acids is 1. The maximum atomic E-state index is 12.3. The van der Waals surface area contributed by atoms with Crippen molar-refractivity contribution < 1.29 is 9.53 Å². The van der Waals surface area contributed by atoms with Crippen molar-refractivity contribution in [3.8, 4) is 0 Å². The van der Waals surface area contributed by atoms with Crippen LogP contribution in [0.5, 0.6) is 0 Å². The van der Waals surface area contributed by atoms with Crippen molar-refractivity contribution in [2.75, 3.05) is 51.3 Å². The number of unbranched alkanes of at least 4 members (excludes halogenated alkanes) is 2. The van der Waals surface area contributed by atoms with E-state index in [0.29, 0.717) is 13.0 Å². The van der Waals surface area contributed by atoms with Gasteiger partial charge in [-0.15, -0.1) is 0 Å². The monoisotopic (exact) mass is 403 g/mol. The number of benzene rings is 1. The Bertz CT molecular complexity index is 629. The van der Waals surface area contributed by atoms with Crippen molar-refractivity contribution in [2.24, 2.45) is 4.99 Å². The Hall–Kier alpha value is -2.12. The minimum Gasteiger partial charge on any atom is -0.379 e. The molecule has 3 N–H and O–H groups in total. The number of rotatable bonds is 11. The molecule has 0 bridgehead atoms. The molecule has 0 radical (unpaired) electrons. The van der Waals surface area contributed by atoms with Gasteiger partial charge in [0.1, 0.15) is 0 Å². The molecule has 1 amide bonds. The number of nitrogens with zero attached hydrogens (tertiary/aromatic N) is 2. The molecule has 0 spiro atoms. The second-order valence-electron chi connectivity index (χ2n) is 7.28. The number of hydrogen-bond donors (Lipinski definition) is 3. The Morgan fingerprint density at radius 3 is 2.76 bits per heavy atom. The standard InChI is InChI=1S/C22H37N5O2/c1-3-5-6-11-24-22(23-4-2)25-18-19-8-7-9-20(17-19)26-21(28)10-12-27-13-15-29-16-14-27/h7-9,17H,3-6,10-16,18H2,1-2H3,(H,26,28)(H2,23,24,25). The molecule has 0 aromatic heterocycles. The van der Waals surface area contributed by atoms with E-state index >= 15 is 0 Å². The molecule has 29 heavy (non-hydrogen) atoms. The van der Waals surface area contributed by atoms with E-state index in [1.165, 1.54) is 12.8 Å². The number of hydrogen-bond acceptors (Lipinski definition) is 4. The molecule has 1 fully saturated rings. The van der Waals surface area contributed by atoms with Crippen molar-refractivity contribution in [3.05, 3.63) is 29.8 Å². The predicted octanol–water partition coefficient (Wildman–Crippen LogP) is 2.59. The SMILES string of the molecule is CCCCCNC(=NCc1cccc(NC(=O)CCN2CCOCC2)c1)NCC. The molecule has 1 heterocycles. The van der Waals surface area contributed by atoms with Gasteiger partial charge in [-0.05, 0) is 31.0 Å². The molecule has 0 aliphatic carbocycles. The van der Waals surface area contributed by atoms with E-state index < -0.39 is 0 Å². The molecule has 1 aromatic rings. The van der Waals surface area contributed by atoms with E-state index in [1.807, 2.05) is 24.3 Å². The van der Waals surface area contributed by atoms with Crippen LogP contribution in [-0.2, 0) is 16.1 Å². The zero-order valence-corrected chi connectivity index (χ0v) is 18.0. The van der Waals surface area contributed by atoms with Crippen molar-refractivity contribution >= 4 is 17.6 Å². The molecule has 7 nitrogen and oxygen atoms in total. The molecule has 0 saturated carbocycles. The number of nitrogens with one attached hydrogen (secondary N) is 3. The number of aliphatic imine (C=N–C) groups is 1. The first-order chi connectivity index (χ1) is 14.2. The van der Waals surface area contributed by atoms with Gasteiger partial charge in [0.25, 0.3) is 0 Å². The first-order valence-electron chi connectivity index (χ1n) is 10.9. The number of ether oxygens (including phenoxy) is 1. The smallest absolute Gasteiger partial charge is 0.225 e. The first kappa shape index (κ1) is 23.2. The average molecular weight is 404 g/mol. The van der Waals surface area contributed by atoms with Gasteiger partial charge in [-0.2, -0.15) is 0 Å². The molecule has 2 rings (SSSR count). The van der Waals surface area contributed by atoms with Crippen LogP contribution in [0.1, 0.15) is 45.1 Å². The lowest BCUT2D eigenvalue weighted by Crippen LogP contribution is -2.38. The van der Waals surface area contributed by atoms with Gasteiger partial charge in [0, 0.05) is 44.8 Å². The van der Waals surface area contributed by atoms with Crippen LogP contribution in [0, 0.1) is 0 Å². The summed E-state index contributed by atoms with van der Waals surface area (Å²) in [4.78, 5) is 19.2. The Kier molecular flexibility index (Phi) is 11.1. The van der Waals surface area contributed by atoms with Crippen LogP contribution in [0.4, 0.5) is 5.69 Å². The number of anilines is 1. The number of guanidine groups is 1. The van der Waals surface area contributed by atoms with Gasteiger partial charge in [-0.25, -0.2) is 4.99 Å². The van der Waals surface area contributed by atoms with E-state index in [4.69, 9.17) is 4.74 Å². The molecule has 162 valence electrons. The van der Waals surface area contributed by atoms with Crippen LogP contribution >= 0.6 is 0 Å². The predicted molar refractivity (Wildman–Crippen MR) is 119 cm³/mol. The zero-order chi connectivity index (χ0) is 20.7. The largest absolute Gasteiger partial charge is 0.379 e. The fraction of sp³-hybridized carbons (Fsp3) is 0.636. The highest BCUT2D eigenvalue weighted by molar-refractivity contribution is 5.90. The van der Waals surface area contributed by atoms with Crippen LogP contribution in [0.2, 0.25) is 0 Å². The van der Waals surface area contributed by atoms with Gasteiger partial charge in [-0.3, -0.25) is 9.69 Å². The van der Waals surface area contributed by atoms with Crippen LogP contribution in [-0.4, -0.2) is 62.7 Å². The lowest BCUT2D eigenvalue weighted by molar-refractivity contribution is -0.116. The van der Waals surface area contributed by atoms with Gasteiger partial charge in [0.05, 0.1) is 19.8 Å². The summed E-state index contributed by atoms with van der Waals surface area (Å²) in [5, 5.41) is 9.66. The lowest BCUT2D eigenvalue weighted by Gasteiger charge is -2.26. The Morgan fingerprint density at radius 2 is 2.00 bits per heavy atom. The highest BCUT2D eigenvalue weighted by Gasteiger charge is 2.12. The molecule has 1 aliphatic heterocycles. The second-order valence-corrected chi connectivity index (χ2v) is 7.28. The van der Waals surface area contributed by atoms with Gasteiger partial charge < -0.3 is 20.7 Å². The summed E-state index contributed by atoms with van der Waals surface area (Å²) in [5.74, 6) is 0.881. The second kappa shape index (κ2) is 14.0. The lowest BCUT2D eigenvalue weighted by atomic mass is 10.2. The van der Waals surface area contributed by atoms with Gasteiger partial charge in [-0.1, -0.05) is 31.9 Å². The highest BCUT2D eigenvalue weighted by Crippen LogP contribution is 2.12. The molecule has 0 atom stereocenters. The molecule has 1 aromatic carbocycles. The molecular weight excluding hydrogens is 366 g/mol. The van der Waals surface area contributed by atoms with E-state index in [2.05, 4.69) is 39.7 Å². The third-order valence-corrected chi connectivity index (χ3v) is 4.81. The first-order valence-corrected chi connectivity index (χ1v) is 10.9. The molecule has 1 aliphatic rings. The molecular formula is C22H37N5O2. The fourth-order valence-corrected chi connectivity index (χ4v) is 3.15. The van der Waals surface area contributed by atoms with E-state index in [0.717, 1.165) is 69.6 Å². The third-order valence-electron chi connectivity index (χ3n) is 4.81. The summed E-state index contributed by atoms with van der Waals surface area (Å²) in [6.07, 6.45) is 4.07. The van der Waals surface area contributed by atoms with Crippen LogP contribution in [0.25, 0.3) is 0 Å². The summed E-state index contributed by atoms with van der Waals surface area (Å²) < 4.78 is 5.34. The quantitative estimate of drug-likeness (QED) is 0.301. The molecule has 0 unspecified atom stereocenters. The summed E-state index contributed by atoms with van der Waals surface area (Å²) in [7, 11) is 0. The van der Waals surface area contributed by atoms with Crippen molar-refractivity contribution in [2.45, 2.75) is 46.1 Å². The topological polar surface area (TPSA) is 78.0 Å². The van der Waals surface area contributed by atoms with Gasteiger partial charge in [0.15, 0.2) is 5.96 Å². The fourth-order valence-electron chi connectivity index (χ4n) is 3.15. The maximum Gasteiger partial charge on any atom is 0.225 e. The van der Waals surface area contributed by atoms with E-state index in [1.54, 1.807) is 0 Å². The highest BCUT2D eigenvalue weighted by atomic mass is 16.5. The Balaban J connectivity index is 1.81. The van der Waals surface area contributed by atoms with Crippen molar-refractivity contribution in [1.29, 1.82) is 0 Å². The maximum absolute atomic E-state index is 12.3. The zero-order valence-electron chi connectivity index (χ0n) is 18.0. The van der Waals surface area contributed by atoms with Gasteiger partial charge >= 0.3 is 0 Å². The number of morpholine rings is 1. The Morgan fingerprint density at radius 1 is 1.17 bits per heavy atom. The summed E-state index contributed by atoms with van der Waals surface area (Å²) in [6.45, 7) is 10.7. The average Bonchev–Trinajstić information content (AvgIpc) is 2.74. The summed E-state index contributed by atoms with van der Waals surface area (Å²) in [6, 6.07) is 7.92. The number of carbonyl (C=O) groups is 1. The third kappa shape index (κ3) is 9.76. The van der Waals surface area contributed by atoms with E-state index in [9.17, 15) is 4.79 Å². The number of amides is 1. The summed E-state index contributed by atoms with van der Waals surface area (Å²) >= 11 is 0. The van der Waals surface area contributed by atoms with Crippen LogP contribution in [0.15, 0.2) is 29.3 Å². The van der Waals surface area contributed by atoms with Gasteiger partial charge in [0.2, 0.25) is 5.91 Å². The van der Waals surface area contributed by atoms with Crippen molar-refractivity contribution in [1.82, 2.24) is 15.5 Å². The normalized spacial score (nSPS) is 15.2. The van der Waals surface area contributed by atoms with Crippen molar-refractivity contribution in [3.63, 3.8) is 0 Å².